The van der Waals surface area contributed by atoms with Crippen molar-refractivity contribution in [1.29, 1.82) is 0 Å². The van der Waals surface area contributed by atoms with Crippen LogP contribution in [0.3, 0.4) is 0 Å². The fraction of sp³-hybridized carbons (Fsp3) is 0.389. The van der Waals surface area contributed by atoms with Crippen LogP contribution < -0.4 is 0 Å². The van der Waals surface area contributed by atoms with Gasteiger partial charge in [0.05, 0.1) is 16.8 Å². The van der Waals surface area contributed by atoms with E-state index >= 15 is 0 Å². The average molecular weight is 769 g/mol. The smallest absolute Gasteiger partial charge is 0.218 e. The van der Waals surface area contributed by atoms with Gasteiger partial charge in [-0.15, -0.1) is 34.2 Å². The number of ketones is 1. The minimum absolute atomic E-state index is 0. The Bertz CT molecular complexity index is 1760. The molecule has 2 aromatic heterocycles. The Morgan fingerprint density at radius 3 is 1.98 bits per heavy atom. The number of aliphatic hydroxyl groups excluding tert-OH is 1. The Balaban J connectivity index is 0.000000286. The van der Waals surface area contributed by atoms with Crippen molar-refractivity contribution in [3.05, 3.63) is 78.1 Å². The van der Waals surface area contributed by atoms with Crippen LogP contribution in [-0.2, 0) is 30.3 Å². The third-order valence-corrected chi connectivity index (χ3v) is 7.89. The van der Waals surface area contributed by atoms with Crippen LogP contribution in [0.25, 0.3) is 44.5 Å². The van der Waals surface area contributed by atoms with Crippen LogP contribution in [0.4, 0.5) is 0 Å². The van der Waals surface area contributed by atoms with E-state index in [0.29, 0.717) is 17.1 Å². The van der Waals surface area contributed by atoms with Crippen molar-refractivity contribution in [3.63, 3.8) is 0 Å². The minimum atomic E-state index is -0.0241. The van der Waals surface area contributed by atoms with Crippen LogP contribution in [0.5, 0.6) is 0 Å². The molecule has 8 heteroatoms. The molecule has 5 rings (SSSR count). The monoisotopic (exact) mass is 769 g/mol. The molecule has 0 aliphatic heterocycles. The van der Waals surface area contributed by atoms with Crippen molar-refractivity contribution in [2.75, 3.05) is 0 Å². The molecule has 0 unspecified atom stereocenters. The number of allylic oxidation sites excluding steroid dienone is 2. The van der Waals surface area contributed by atoms with E-state index in [-0.39, 0.29) is 48.9 Å². The Morgan fingerprint density at radius 1 is 0.818 bits per heavy atom. The first-order valence-electron chi connectivity index (χ1n) is 15.3. The number of hydrogen-bond acceptors (Lipinski definition) is 7. The van der Waals surface area contributed by atoms with Crippen LogP contribution in [-0.4, -0.2) is 36.0 Å². The van der Waals surface area contributed by atoms with Crippen LogP contribution in [0, 0.1) is 17.9 Å². The number of fused-ring (bicyclic) bond motifs is 3. The number of aliphatic hydroxyl groups is 1. The molecule has 0 fully saturated rings. The number of carbonyl (C=O) groups is 1. The van der Waals surface area contributed by atoms with Gasteiger partial charge in [-0.2, -0.15) is 5.10 Å². The van der Waals surface area contributed by atoms with Gasteiger partial charge in [-0.1, -0.05) is 89.7 Å². The van der Waals surface area contributed by atoms with E-state index in [4.69, 9.17) is 0 Å². The summed E-state index contributed by atoms with van der Waals surface area (Å²) >= 11 is 0. The van der Waals surface area contributed by atoms with Gasteiger partial charge in [-0.25, -0.2) is 15.0 Å². The number of nitrogens with zero attached hydrogens (tertiary/aromatic N) is 5. The topological polar surface area (TPSA) is 102 Å². The molecule has 0 bridgehead atoms. The minimum Gasteiger partial charge on any atom is -0.512 e. The molecular weight excluding hydrogens is 727 g/mol. The van der Waals surface area contributed by atoms with E-state index < -0.39 is 0 Å². The van der Waals surface area contributed by atoms with Crippen LogP contribution in [0.15, 0.2) is 66.4 Å². The number of carbonyl (C=O) groups excluding carboxylic acids is 1. The van der Waals surface area contributed by atoms with Gasteiger partial charge in [0.25, 0.3) is 0 Å². The second kappa shape index (κ2) is 15.4. The molecule has 0 saturated heterocycles. The van der Waals surface area contributed by atoms with Gasteiger partial charge in [0.2, 0.25) is 5.65 Å². The molecule has 7 nitrogen and oxygen atoms in total. The summed E-state index contributed by atoms with van der Waals surface area (Å²) in [5.74, 6) is 1.06. The largest absolute Gasteiger partial charge is 0.512 e. The summed E-state index contributed by atoms with van der Waals surface area (Å²) in [4.78, 5) is 25.5. The number of rotatable bonds is 8. The molecule has 5 aromatic rings. The van der Waals surface area contributed by atoms with Gasteiger partial charge in [-0.05, 0) is 43.2 Å². The molecule has 44 heavy (non-hydrogen) atoms. The molecule has 0 atom stereocenters. The Morgan fingerprint density at radius 2 is 1.39 bits per heavy atom. The second-order valence-electron chi connectivity index (χ2n) is 11.9. The number of aromatic nitrogens is 5. The van der Waals surface area contributed by atoms with Gasteiger partial charge in [-0.3, -0.25) is 4.79 Å². The van der Waals surface area contributed by atoms with Gasteiger partial charge >= 0.3 is 0 Å². The SMILES string of the molecule is CC(C)(C)c1cc(-c2nnc3nc4ccccc4nc3n2)[c-]c2ccccc12.CCC(CC)C(=O)/C=C(\O)C(CC)CC.[Ir]. The van der Waals surface area contributed by atoms with Crippen molar-refractivity contribution in [2.24, 2.45) is 11.8 Å². The summed E-state index contributed by atoms with van der Waals surface area (Å²) in [5.41, 5.74) is 4.52. The summed E-state index contributed by atoms with van der Waals surface area (Å²) in [6, 6.07) is 21.5. The molecule has 3 aromatic carbocycles. The maximum absolute atomic E-state index is 11.7. The number of para-hydroxylation sites is 2. The quantitative estimate of drug-likeness (QED) is 0.0729. The predicted molar refractivity (Wildman–Crippen MR) is 175 cm³/mol. The van der Waals surface area contributed by atoms with Gasteiger partial charge < -0.3 is 5.11 Å². The van der Waals surface area contributed by atoms with E-state index in [1.54, 1.807) is 0 Å². The second-order valence-corrected chi connectivity index (χ2v) is 11.9. The first kappa shape index (κ1) is 34.9. The van der Waals surface area contributed by atoms with Crippen molar-refractivity contribution >= 4 is 38.9 Å². The summed E-state index contributed by atoms with van der Waals surface area (Å²) in [6.45, 7) is 14.7. The first-order chi connectivity index (χ1) is 20.6. The first-order valence-corrected chi connectivity index (χ1v) is 15.3. The van der Waals surface area contributed by atoms with Gasteiger partial charge in [0.15, 0.2) is 11.4 Å². The Hall–Kier alpha value is -3.61. The zero-order valence-corrected chi connectivity index (χ0v) is 29.1. The Labute approximate surface area is 274 Å². The van der Waals surface area contributed by atoms with Crippen LogP contribution >= 0.6 is 0 Å². The van der Waals surface area contributed by atoms with E-state index in [1.165, 1.54) is 17.0 Å². The summed E-state index contributed by atoms with van der Waals surface area (Å²) in [6.07, 6.45) is 4.91. The van der Waals surface area contributed by atoms with E-state index in [2.05, 4.69) is 76.3 Å². The molecule has 233 valence electrons. The van der Waals surface area contributed by atoms with Gasteiger partial charge in [0, 0.05) is 38.0 Å². The average Bonchev–Trinajstić information content (AvgIpc) is 3.00. The molecular formula is C36H42IrN5O2-. The maximum Gasteiger partial charge on any atom is 0.218 e. The third-order valence-electron chi connectivity index (χ3n) is 7.89. The summed E-state index contributed by atoms with van der Waals surface area (Å²) in [5, 5.41) is 20.6. The molecule has 1 N–H and O–H groups in total. The van der Waals surface area contributed by atoms with Crippen molar-refractivity contribution in [2.45, 2.75) is 79.6 Å². The summed E-state index contributed by atoms with van der Waals surface area (Å²) < 4.78 is 0. The standard InChI is InChI=1S/C23H18N5.C13H24O2.Ir/c1-23(2,3)17-13-15(12-14-8-4-5-9-16(14)17)20-26-21-22(28-27-20)25-19-11-7-6-10-18(19)24-21;1-5-10(6-2)12(14)9-13(15)11(7-3)8-4;/h4-11,13H,1-3H3;9-11,14H,5-8H2,1-4H3;/q-1;;/b;12-9-;. The molecule has 0 spiro atoms. The van der Waals surface area contributed by atoms with Gasteiger partial charge in [0.1, 0.15) is 5.82 Å². The van der Waals surface area contributed by atoms with Crippen molar-refractivity contribution in [1.82, 2.24) is 25.1 Å². The maximum atomic E-state index is 11.7. The molecule has 0 aliphatic rings. The van der Waals surface area contributed by atoms with E-state index in [0.717, 1.165) is 47.7 Å². The molecule has 0 saturated carbocycles. The van der Waals surface area contributed by atoms with Crippen LogP contribution in [0.2, 0.25) is 0 Å². The molecule has 2 heterocycles. The fourth-order valence-electron chi connectivity index (χ4n) is 5.21. The normalized spacial score (nSPS) is 12.0. The number of benzene rings is 3. The predicted octanol–water partition coefficient (Wildman–Crippen LogP) is 8.75. The van der Waals surface area contributed by atoms with Crippen LogP contribution in [0.1, 0.15) is 79.7 Å². The molecule has 0 amide bonds. The van der Waals surface area contributed by atoms with Crippen molar-refractivity contribution < 1.29 is 30.0 Å². The number of hydrogen-bond donors (Lipinski definition) is 1. The van der Waals surface area contributed by atoms with Crippen molar-refractivity contribution in [3.8, 4) is 11.4 Å². The third kappa shape index (κ3) is 8.10. The molecule has 1 radical (unpaired) electrons. The van der Waals surface area contributed by atoms with E-state index in [1.807, 2.05) is 58.0 Å². The van der Waals surface area contributed by atoms with E-state index in [9.17, 15) is 9.90 Å². The summed E-state index contributed by atoms with van der Waals surface area (Å²) in [7, 11) is 0. The Kier molecular flexibility index (Phi) is 12.2. The molecule has 0 aliphatic carbocycles. The zero-order chi connectivity index (χ0) is 31.1. The zero-order valence-electron chi connectivity index (χ0n) is 26.7. The fourth-order valence-corrected chi connectivity index (χ4v) is 5.21.